The summed E-state index contributed by atoms with van der Waals surface area (Å²) in [6.45, 7) is 8.79. The Kier molecular flexibility index (Phi) is 6.62. The lowest BCUT2D eigenvalue weighted by atomic mass is 10.0. The van der Waals surface area contributed by atoms with Gasteiger partial charge >= 0.3 is 0 Å². The molecule has 0 atom stereocenters. The van der Waals surface area contributed by atoms with Gasteiger partial charge in [-0.25, -0.2) is 0 Å². The molecule has 0 amide bonds. The number of allylic oxidation sites excluding steroid dienone is 5. The number of aromatic nitrogens is 1. The van der Waals surface area contributed by atoms with Crippen molar-refractivity contribution in [3.05, 3.63) is 127 Å². The summed E-state index contributed by atoms with van der Waals surface area (Å²) in [5.74, 6) is 0. The zero-order valence-electron chi connectivity index (χ0n) is 18.7. The minimum absolute atomic E-state index is 0.742. The van der Waals surface area contributed by atoms with Crippen molar-refractivity contribution in [3.63, 3.8) is 0 Å². The van der Waals surface area contributed by atoms with Gasteiger partial charge in [0.15, 0.2) is 0 Å². The molecular formula is C30H28N2. The molecule has 2 heteroatoms. The largest absolute Gasteiger partial charge is 0.380 e. The molecule has 1 aromatic heterocycles. The Labute approximate surface area is 190 Å². The first-order chi connectivity index (χ1) is 15.6. The summed E-state index contributed by atoms with van der Waals surface area (Å²) in [7, 11) is 0. The number of benzene rings is 3. The minimum atomic E-state index is 0.742. The van der Waals surface area contributed by atoms with Crippen LogP contribution in [0, 0.1) is 0 Å². The fourth-order valence-electron chi connectivity index (χ4n) is 3.76. The van der Waals surface area contributed by atoms with E-state index >= 15 is 0 Å². The number of nitrogens with zero attached hydrogens (tertiary/aromatic N) is 1. The molecule has 0 bridgehead atoms. The van der Waals surface area contributed by atoms with Gasteiger partial charge in [-0.05, 0) is 59.0 Å². The molecule has 0 aliphatic rings. The van der Waals surface area contributed by atoms with Gasteiger partial charge in [-0.15, -0.1) is 0 Å². The Morgan fingerprint density at radius 2 is 1.69 bits per heavy atom. The van der Waals surface area contributed by atoms with Gasteiger partial charge in [0.2, 0.25) is 0 Å². The van der Waals surface area contributed by atoms with Gasteiger partial charge < -0.3 is 5.32 Å². The van der Waals surface area contributed by atoms with Crippen LogP contribution in [-0.2, 0) is 6.54 Å². The van der Waals surface area contributed by atoms with Crippen molar-refractivity contribution in [2.45, 2.75) is 20.4 Å². The highest BCUT2D eigenvalue weighted by molar-refractivity contribution is 5.87. The Morgan fingerprint density at radius 1 is 0.906 bits per heavy atom. The predicted octanol–water partition coefficient (Wildman–Crippen LogP) is 8.05. The molecule has 1 N–H and O–H groups in total. The molecule has 0 aliphatic heterocycles. The van der Waals surface area contributed by atoms with Crippen LogP contribution in [0.5, 0.6) is 0 Å². The van der Waals surface area contributed by atoms with Gasteiger partial charge in [0.25, 0.3) is 0 Å². The van der Waals surface area contributed by atoms with Crippen LogP contribution in [0.3, 0.4) is 0 Å². The van der Waals surface area contributed by atoms with Crippen LogP contribution in [-0.4, -0.2) is 4.98 Å². The molecule has 0 spiro atoms. The number of anilines is 1. The third kappa shape index (κ3) is 5.22. The topological polar surface area (TPSA) is 24.9 Å². The van der Waals surface area contributed by atoms with Crippen molar-refractivity contribution < 1.29 is 0 Å². The minimum Gasteiger partial charge on any atom is -0.380 e. The van der Waals surface area contributed by atoms with Gasteiger partial charge in [0.05, 0.1) is 5.69 Å². The van der Waals surface area contributed by atoms with E-state index in [1.165, 1.54) is 33.0 Å². The molecule has 0 radical (unpaired) electrons. The fourth-order valence-corrected chi connectivity index (χ4v) is 3.76. The number of fused-ring (bicyclic) bond motifs is 1. The maximum Gasteiger partial charge on any atom is 0.0535 e. The summed E-state index contributed by atoms with van der Waals surface area (Å²) in [5, 5.41) is 5.99. The first-order valence-corrected chi connectivity index (χ1v) is 10.9. The van der Waals surface area contributed by atoms with Gasteiger partial charge in [-0.3, -0.25) is 4.98 Å². The van der Waals surface area contributed by atoms with E-state index in [0.29, 0.717) is 0 Å². The summed E-state index contributed by atoms with van der Waals surface area (Å²) in [6.07, 6.45) is 10.1. The zero-order valence-corrected chi connectivity index (χ0v) is 18.7. The van der Waals surface area contributed by atoms with Crippen LogP contribution >= 0.6 is 0 Å². The van der Waals surface area contributed by atoms with Crippen LogP contribution < -0.4 is 5.32 Å². The molecule has 2 nitrogen and oxygen atoms in total. The monoisotopic (exact) mass is 416 g/mol. The summed E-state index contributed by atoms with van der Waals surface area (Å²) in [6, 6.07) is 25.8. The number of hydrogen-bond donors (Lipinski definition) is 1. The molecular weight excluding hydrogens is 388 g/mol. The van der Waals surface area contributed by atoms with Crippen LogP contribution in [0.2, 0.25) is 0 Å². The van der Waals surface area contributed by atoms with E-state index in [0.717, 1.165) is 23.4 Å². The van der Waals surface area contributed by atoms with Crippen molar-refractivity contribution in [1.29, 1.82) is 0 Å². The van der Waals surface area contributed by atoms with E-state index in [1.807, 2.05) is 26.2 Å². The van der Waals surface area contributed by atoms with Crippen molar-refractivity contribution in [3.8, 4) is 11.1 Å². The molecule has 0 saturated carbocycles. The Morgan fingerprint density at radius 3 is 2.44 bits per heavy atom. The highest BCUT2D eigenvalue weighted by Gasteiger charge is 2.03. The molecule has 0 saturated heterocycles. The van der Waals surface area contributed by atoms with E-state index in [-0.39, 0.29) is 0 Å². The van der Waals surface area contributed by atoms with E-state index in [9.17, 15) is 0 Å². The van der Waals surface area contributed by atoms with Gasteiger partial charge in [-0.1, -0.05) is 91.0 Å². The highest BCUT2D eigenvalue weighted by atomic mass is 14.9. The van der Waals surface area contributed by atoms with Crippen LogP contribution in [0.1, 0.15) is 25.0 Å². The van der Waals surface area contributed by atoms with Gasteiger partial charge in [0, 0.05) is 24.5 Å². The molecule has 3 aromatic carbocycles. The standard InChI is InChI=1S/C30H28N2/c1-4-7-26(16-22(2)3)25-12-10-23(11-13-25)19-32-30-18-29(20-31-21-30)28-15-14-24-8-5-6-9-27(24)17-28/h4-18,20-21,32H,2,19H2,1,3H3/b7-4-,26-16+. The van der Waals surface area contributed by atoms with Crippen LogP contribution in [0.25, 0.3) is 27.5 Å². The van der Waals surface area contributed by atoms with E-state index in [1.54, 1.807) is 0 Å². The molecule has 0 unspecified atom stereocenters. The lowest BCUT2D eigenvalue weighted by Crippen LogP contribution is -2.00. The molecule has 0 fully saturated rings. The molecule has 0 aliphatic carbocycles. The molecule has 4 aromatic rings. The van der Waals surface area contributed by atoms with Crippen LogP contribution in [0.4, 0.5) is 5.69 Å². The second-order valence-electron chi connectivity index (χ2n) is 8.02. The molecule has 1 heterocycles. The number of rotatable bonds is 7. The van der Waals surface area contributed by atoms with Gasteiger partial charge in [-0.2, -0.15) is 0 Å². The average molecular weight is 417 g/mol. The summed E-state index contributed by atoms with van der Waals surface area (Å²) in [5.41, 5.74) is 7.92. The highest BCUT2D eigenvalue weighted by Crippen LogP contribution is 2.26. The summed E-state index contributed by atoms with van der Waals surface area (Å²) in [4.78, 5) is 4.45. The lowest BCUT2D eigenvalue weighted by molar-refractivity contribution is 1.14. The van der Waals surface area contributed by atoms with E-state index in [4.69, 9.17) is 0 Å². The number of nitrogens with one attached hydrogen (secondary N) is 1. The third-order valence-corrected chi connectivity index (χ3v) is 5.35. The molecule has 32 heavy (non-hydrogen) atoms. The Balaban J connectivity index is 1.48. The first-order valence-electron chi connectivity index (χ1n) is 10.9. The fraction of sp³-hybridized carbons (Fsp3) is 0.100. The van der Waals surface area contributed by atoms with E-state index < -0.39 is 0 Å². The van der Waals surface area contributed by atoms with Gasteiger partial charge in [0.1, 0.15) is 0 Å². The summed E-state index contributed by atoms with van der Waals surface area (Å²) >= 11 is 0. The molecule has 158 valence electrons. The third-order valence-electron chi connectivity index (χ3n) is 5.35. The van der Waals surface area contributed by atoms with Crippen molar-refractivity contribution in [2.24, 2.45) is 0 Å². The Hall–Kier alpha value is -3.91. The summed E-state index contributed by atoms with van der Waals surface area (Å²) < 4.78 is 0. The second kappa shape index (κ2) is 9.93. The zero-order chi connectivity index (χ0) is 22.3. The average Bonchev–Trinajstić information content (AvgIpc) is 2.82. The van der Waals surface area contributed by atoms with Crippen molar-refractivity contribution >= 4 is 22.0 Å². The Bertz CT molecular complexity index is 1290. The predicted molar refractivity (Wildman–Crippen MR) is 139 cm³/mol. The number of hydrogen-bond acceptors (Lipinski definition) is 2. The van der Waals surface area contributed by atoms with Crippen LogP contribution in [0.15, 0.2) is 116 Å². The first kappa shape index (κ1) is 21.3. The second-order valence-corrected chi connectivity index (χ2v) is 8.02. The quantitative estimate of drug-likeness (QED) is 0.308. The van der Waals surface area contributed by atoms with Crippen molar-refractivity contribution in [1.82, 2.24) is 4.98 Å². The smallest absolute Gasteiger partial charge is 0.0535 e. The molecule has 4 rings (SSSR count). The lowest BCUT2D eigenvalue weighted by Gasteiger charge is -2.10. The normalized spacial score (nSPS) is 11.8. The number of pyridine rings is 1. The maximum absolute atomic E-state index is 4.45. The van der Waals surface area contributed by atoms with E-state index in [2.05, 4.69) is 108 Å². The van der Waals surface area contributed by atoms with Crippen molar-refractivity contribution in [2.75, 3.05) is 5.32 Å². The SMILES string of the molecule is C=C(C)/C=C(\C=C/C)c1ccc(CNc2cncc(-c3ccc4ccccc4c3)c2)cc1. The maximum atomic E-state index is 4.45.